The van der Waals surface area contributed by atoms with Crippen LogP contribution in [0.25, 0.3) is 0 Å². The number of carbonyl (C=O) groups excluding carboxylic acids is 2. The van der Waals surface area contributed by atoms with Crippen LogP contribution in [-0.4, -0.2) is 37.1 Å². The van der Waals surface area contributed by atoms with Crippen LogP contribution in [-0.2, 0) is 14.3 Å². The quantitative estimate of drug-likeness (QED) is 0.877. The number of hydrogen-bond acceptors (Lipinski definition) is 4. The van der Waals surface area contributed by atoms with Crippen LogP contribution >= 0.6 is 12.4 Å². The van der Waals surface area contributed by atoms with Crippen molar-refractivity contribution in [3.8, 4) is 0 Å². The van der Waals surface area contributed by atoms with Gasteiger partial charge in [0.15, 0.2) is 0 Å². The maximum Gasteiger partial charge on any atom is 0.244 e. The summed E-state index contributed by atoms with van der Waals surface area (Å²) >= 11 is 0. The summed E-state index contributed by atoms with van der Waals surface area (Å²) in [4.78, 5) is 25.8. The van der Waals surface area contributed by atoms with E-state index in [1.165, 1.54) is 0 Å². The average Bonchev–Trinajstić information content (AvgIpc) is 2.95. The number of benzene rings is 1. The molecule has 126 valence electrons. The lowest BCUT2D eigenvalue weighted by atomic mass is 9.90. The number of ether oxygens (including phenoxy) is 1. The molecule has 2 fully saturated rings. The molecule has 2 heterocycles. The Bertz CT molecular complexity index is 570. The minimum absolute atomic E-state index is 0. The molecule has 3 N–H and O–H groups in total. The van der Waals surface area contributed by atoms with Crippen molar-refractivity contribution in [2.75, 3.05) is 30.0 Å². The summed E-state index contributed by atoms with van der Waals surface area (Å²) in [5.41, 5.74) is 6.85. The van der Waals surface area contributed by atoms with Gasteiger partial charge in [-0.25, -0.2) is 0 Å². The van der Waals surface area contributed by atoms with E-state index in [0.29, 0.717) is 38.2 Å². The lowest BCUT2D eigenvalue weighted by Crippen LogP contribution is -2.54. The Hall–Kier alpha value is -1.63. The van der Waals surface area contributed by atoms with Crippen LogP contribution in [0.2, 0.25) is 0 Å². The van der Waals surface area contributed by atoms with Crippen molar-refractivity contribution in [1.29, 1.82) is 0 Å². The highest BCUT2D eigenvalue weighted by atomic mass is 35.5. The number of anilines is 2. The number of hydrogen-bond donors (Lipinski definition) is 2. The third kappa shape index (κ3) is 3.83. The van der Waals surface area contributed by atoms with Crippen molar-refractivity contribution in [3.63, 3.8) is 0 Å². The van der Waals surface area contributed by atoms with Crippen LogP contribution in [0, 0.1) is 0 Å². The Morgan fingerprint density at radius 2 is 1.87 bits per heavy atom. The van der Waals surface area contributed by atoms with E-state index in [1.807, 2.05) is 24.3 Å². The standard InChI is InChI=1S/C16H21N3O3.ClH/c17-16(7-10-22-11-8-16)15(21)18-12-3-5-13(6-4-12)19-9-1-2-14(19)20;/h3-6H,1-2,7-11,17H2,(H,18,21);1H. The molecule has 2 aliphatic rings. The molecule has 1 aromatic rings. The summed E-state index contributed by atoms with van der Waals surface area (Å²) in [5.74, 6) is -0.0271. The van der Waals surface area contributed by atoms with Crippen LogP contribution < -0.4 is 16.0 Å². The first kappa shape index (κ1) is 17.7. The third-order valence-electron chi connectivity index (χ3n) is 4.35. The van der Waals surface area contributed by atoms with Gasteiger partial charge in [0.25, 0.3) is 0 Å². The fourth-order valence-corrected chi connectivity index (χ4v) is 2.86. The fourth-order valence-electron chi connectivity index (χ4n) is 2.86. The molecule has 1 aromatic carbocycles. The van der Waals surface area contributed by atoms with Crippen molar-refractivity contribution >= 4 is 35.6 Å². The first-order chi connectivity index (χ1) is 10.6. The molecule has 7 heteroatoms. The van der Waals surface area contributed by atoms with Crippen LogP contribution in [0.1, 0.15) is 25.7 Å². The largest absolute Gasteiger partial charge is 0.381 e. The topological polar surface area (TPSA) is 84.7 Å². The van der Waals surface area contributed by atoms with Gasteiger partial charge < -0.3 is 20.7 Å². The highest BCUT2D eigenvalue weighted by Gasteiger charge is 2.35. The van der Waals surface area contributed by atoms with Gasteiger partial charge in [-0.15, -0.1) is 12.4 Å². The Morgan fingerprint density at radius 1 is 1.22 bits per heavy atom. The fraction of sp³-hybridized carbons (Fsp3) is 0.500. The number of nitrogens with zero attached hydrogens (tertiary/aromatic N) is 1. The molecule has 2 amide bonds. The van der Waals surface area contributed by atoms with E-state index in [9.17, 15) is 9.59 Å². The SMILES string of the molecule is Cl.NC1(C(=O)Nc2ccc(N3CCCC3=O)cc2)CCOCC1. The zero-order chi connectivity index (χ0) is 15.6. The first-order valence-electron chi connectivity index (χ1n) is 7.67. The predicted octanol–water partition coefficient (Wildman–Crippen LogP) is 1.68. The highest BCUT2D eigenvalue weighted by Crippen LogP contribution is 2.24. The molecule has 2 aliphatic heterocycles. The monoisotopic (exact) mass is 339 g/mol. The Balaban J connectivity index is 0.00000192. The van der Waals surface area contributed by atoms with Crippen LogP contribution in [0.3, 0.4) is 0 Å². The molecular formula is C16H22ClN3O3. The summed E-state index contributed by atoms with van der Waals surface area (Å²) in [5, 5.41) is 2.86. The molecule has 0 aromatic heterocycles. The van der Waals surface area contributed by atoms with Gasteiger partial charge in [0.2, 0.25) is 11.8 Å². The van der Waals surface area contributed by atoms with Crippen LogP contribution in [0.5, 0.6) is 0 Å². The lowest BCUT2D eigenvalue weighted by Gasteiger charge is -2.31. The van der Waals surface area contributed by atoms with Crippen molar-refractivity contribution in [1.82, 2.24) is 0 Å². The van der Waals surface area contributed by atoms with Gasteiger partial charge in [-0.3, -0.25) is 9.59 Å². The number of halogens is 1. The second kappa shape index (κ2) is 7.29. The van der Waals surface area contributed by atoms with Crippen molar-refractivity contribution in [3.05, 3.63) is 24.3 Å². The van der Waals surface area contributed by atoms with E-state index in [4.69, 9.17) is 10.5 Å². The van der Waals surface area contributed by atoms with Gasteiger partial charge in [0.05, 0.1) is 0 Å². The van der Waals surface area contributed by atoms with Crippen molar-refractivity contribution in [2.24, 2.45) is 5.73 Å². The number of amides is 2. The number of nitrogens with one attached hydrogen (secondary N) is 1. The second-order valence-corrected chi connectivity index (χ2v) is 5.92. The maximum absolute atomic E-state index is 12.3. The van der Waals surface area contributed by atoms with Crippen LogP contribution in [0.4, 0.5) is 11.4 Å². The molecule has 3 rings (SSSR count). The number of nitrogens with two attached hydrogens (primary N) is 1. The maximum atomic E-state index is 12.3. The molecule has 2 saturated heterocycles. The molecule has 0 aliphatic carbocycles. The van der Waals surface area contributed by atoms with E-state index < -0.39 is 5.54 Å². The van der Waals surface area contributed by atoms with E-state index in [1.54, 1.807) is 4.90 Å². The number of carbonyl (C=O) groups is 2. The summed E-state index contributed by atoms with van der Waals surface area (Å²) in [6.07, 6.45) is 2.56. The molecule has 0 saturated carbocycles. The predicted molar refractivity (Wildman–Crippen MR) is 90.9 cm³/mol. The first-order valence-corrected chi connectivity index (χ1v) is 7.67. The number of rotatable bonds is 3. The zero-order valence-corrected chi connectivity index (χ0v) is 13.7. The van der Waals surface area contributed by atoms with E-state index in [2.05, 4.69) is 5.32 Å². The van der Waals surface area contributed by atoms with Gasteiger partial charge in [-0.1, -0.05) is 0 Å². The van der Waals surface area contributed by atoms with Crippen molar-refractivity contribution in [2.45, 2.75) is 31.2 Å². The Morgan fingerprint density at radius 3 is 2.43 bits per heavy atom. The highest BCUT2D eigenvalue weighted by molar-refractivity contribution is 5.99. The van der Waals surface area contributed by atoms with Gasteiger partial charge in [-0.2, -0.15) is 0 Å². The summed E-state index contributed by atoms with van der Waals surface area (Å²) in [6.45, 7) is 1.79. The minimum Gasteiger partial charge on any atom is -0.381 e. The second-order valence-electron chi connectivity index (χ2n) is 5.92. The van der Waals surface area contributed by atoms with Gasteiger partial charge in [0.1, 0.15) is 5.54 Å². The molecule has 0 bridgehead atoms. The minimum atomic E-state index is -0.859. The Labute approximate surface area is 141 Å². The lowest BCUT2D eigenvalue weighted by molar-refractivity contribution is -0.124. The molecule has 0 unspecified atom stereocenters. The normalized spacial score (nSPS) is 20.0. The average molecular weight is 340 g/mol. The van der Waals surface area contributed by atoms with E-state index in [-0.39, 0.29) is 24.2 Å². The van der Waals surface area contributed by atoms with Gasteiger partial charge in [0, 0.05) is 37.6 Å². The summed E-state index contributed by atoms with van der Waals surface area (Å²) < 4.78 is 5.25. The van der Waals surface area contributed by atoms with E-state index in [0.717, 1.165) is 18.7 Å². The summed E-state index contributed by atoms with van der Waals surface area (Å²) in [6, 6.07) is 7.32. The van der Waals surface area contributed by atoms with Gasteiger partial charge in [-0.05, 0) is 43.5 Å². The molecule has 0 atom stereocenters. The van der Waals surface area contributed by atoms with Crippen molar-refractivity contribution < 1.29 is 14.3 Å². The molecule has 0 radical (unpaired) electrons. The molecule has 23 heavy (non-hydrogen) atoms. The molecular weight excluding hydrogens is 318 g/mol. The summed E-state index contributed by atoms with van der Waals surface area (Å²) in [7, 11) is 0. The van der Waals surface area contributed by atoms with E-state index >= 15 is 0 Å². The molecule has 0 spiro atoms. The Kier molecular flexibility index (Phi) is 5.62. The smallest absolute Gasteiger partial charge is 0.244 e. The van der Waals surface area contributed by atoms with Crippen LogP contribution in [0.15, 0.2) is 24.3 Å². The van der Waals surface area contributed by atoms with Gasteiger partial charge >= 0.3 is 0 Å². The third-order valence-corrected chi connectivity index (χ3v) is 4.35. The zero-order valence-electron chi connectivity index (χ0n) is 12.9. The molecule has 6 nitrogen and oxygen atoms in total.